The van der Waals surface area contributed by atoms with Gasteiger partial charge in [-0.05, 0) is 34.9 Å². The van der Waals surface area contributed by atoms with Gasteiger partial charge >= 0.3 is 10.1 Å². The number of imidazole rings is 1. The van der Waals surface area contributed by atoms with Gasteiger partial charge in [0, 0.05) is 35.3 Å². The Morgan fingerprint density at radius 2 is 1.75 bits per heavy atom. The lowest BCUT2D eigenvalue weighted by molar-refractivity contribution is 0.112. The third kappa shape index (κ3) is 3.09. The molecule has 28 heavy (non-hydrogen) atoms. The van der Waals surface area contributed by atoms with Crippen molar-refractivity contribution in [3.63, 3.8) is 0 Å². The summed E-state index contributed by atoms with van der Waals surface area (Å²) in [5.74, 6) is 0. The van der Waals surface area contributed by atoms with Crippen LogP contribution in [-0.2, 0) is 13.7 Å². The van der Waals surface area contributed by atoms with Crippen LogP contribution in [0.25, 0.3) is 11.1 Å². The molecule has 0 spiro atoms. The lowest BCUT2D eigenvalue weighted by atomic mass is 10.1. The summed E-state index contributed by atoms with van der Waals surface area (Å²) in [6.07, 6.45) is 7.74. The Hall–Kier alpha value is -2.68. The van der Waals surface area contributed by atoms with E-state index in [2.05, 4.69) is 4.98 Å². The van der Waals surface area contributed by atoms with Crippen molar-refractivity contribution in [2.24, 2.45) is 0 Å². The molecule has 3 aromatic rings. The van der Waals surface area contributed by atoms with Crippen molar-refractivity contribution in [1.82, 2.24) is 9.55 Å². The van der Waals surface area contributed by atoms with Crippen LogP contribution >= 0.6 is 10.3 Å². The van der Waals surface area contributed by atoms with E-state index in [4.69, 9.17) is 3.63 Å². The number of nitrogens with zero attached hydrogens (tertiary/aromatic N) is 2. The summed E-state index contributed by atoms with van der Waals surface area (Å²) in [5.41, 5.74) is 2.29. The highest BCUT2D eigenvalue weighted by molar-refractivity contribution is 8.39. The first-order chi connectivity index (χ1) is 13.3. The van der Waals surface area contributed by atoms with E-state index < -0.39 is 20.4 Å². The molecule has 0 fully saturated rings. The summed E-state index contributed by atoms with van der Waals surface area (Å²) >= 11 is 0. The van der Waals surface area contributed by atoms with E-state index in [0.717, 1.165) is 22.3 Å². The monoisotopic (exact) mass is 414 g/mol. The first-order valence-electron chi connectivity index (χ1n) is 8.45. The average Bonchev–Trinajstić information content (AvgIpc) is 3.24. The molecule has 1 aliphatic heterocycles. The number of hydrogen-bond acceptors (Lipinski definition) is 5. The van der Waals surface area contributed by atoms with Gasteiger partial charge in [-0.1, -0.05) is 42.0 Å². The van der Waals surface area contributed by atoms with Crippen molar-refractivity contribution in [1.29, 1.82) is 0 Å². The van der Waals surface area contributed by atoms with Gasteiger partial charge in [-0.15, -0.1) is 0 Å². The number of aromatic nitrogens is 2. The molecule has 0 radical (unpaired) electrons. The molecule has 0 bridgehead atoms. The predicted molar refractivity (Wildman–Crippen MR) is 109 cm³/mol. The summed E-state index contributed by atoms with van der Waals surface area (Å²) in [6, 6.07) is 13.5. The van der Waals surface area contributed by atoms with E-state index >= 15 is 0 Å². The number of carbonyl (C=O) groups is 1. The van der Waals surface area contributed by atoms with Crippen molar-refractivity contribution < 1.29 is 16.8 Å². The van der Waals surface area contributed by atoms with Crippen molar-refractivity contribution in [2.45, 2.75) is 17.0 Å². The van der Waals surface area contributed by atoms with Crippen LogP contribution in [0.4, 0.5) is 0 Å². The van der Waals surface area contributed by atoms with Gasteiger partial charge in [0.25, 0.3) is 0 Å². The zero-order valence-electron chi connectivity index (χ0n) is 15.3. The van der Waals surface area contributed by atoms with Gasteiger partial charge in [0.1, 0.15) is 6.29 Å². The molecule has 6 nitrogen and oxygen atoms in total. The summed E-state index contributed by atoms with van der Waals surface area (Å²) < 4.78 is 33.6. The molecule has 4 rings (SSSR count). The Kier molecular flexibility index (Phi) is 4.49. The Balaban J connectivity index is 1.78. The van der Waals surface area contributed by atoms with Crippen molar-refractivity contribution in [3.05, 3.63) is 77.6 Å². The Bertz CT molecular complexity index is 1180. The smallest absolute Gasteiger partial charge is 0.300 e. The molecule has 0 N–H and O–H groups in total. The largest absolute Gasteiger partial charge is 0.306 e. The minimum Gasteiger partial charge on any atom is -0.300 e. The summed E-state index contributed by atoms with van der Waals surface area (Å²) in [7, 11) is -6.42. The fraction of sp³-hybridized carbons (Fsp3) is 0.100. The molecule has 0 aliphatic carbocycles. The predicted octanol–water partition coefficient (Wildman–Crippen LogP) is 4.09. The topological polar surface area (TPSA) is 78.3 Å². The molecule has 1 unspecified atom stereocenters. The second-order valence-electron chi connectivity index (χ2n) is 6.53. The molecule has 1 atom stereocenters. The van der Waals surface area contributed by atoms with Crippen molar-refractivity contribution in [2.75, 3.05) is 6.26 Å². The van der Waals surface area contributed by atoms with E-state index in [-0.39, 0.29) is 4.90 Å². The number of benzene rings is 2. The minimum atomic E-state index is -4.01. The minimum absolute atomic E-state index is 0.104. The second kappa shape index (κ2) is 6.73. The molecule has 2 aromatic carbocycles. The number of aldehydes is 1. The van der Waals surface area contributed by atoms with Crippen LogP contribution in [0.3, 0.4) is 0 Å². The zero-order chi connectivity index (χ0) is 19.9. The number of aryl methyl sites for hydroxylation is 1. The van der Waals surface area contributed by atoms with Gasteiger partial charge < -0.3 is 0 Å². The highest BCUT2D eigenvalue weighted by Gasteiger charge is 2.41. The molecule has 1 aliphatic rings. The number of rotatable bonds is 5. The highest BCUT2D eigenvalue weighted by Crippen LogP contribution is 2.67. The summed E-state index contributed by atoms with van der Waals surface area (Å²) in [4.78, 5) is 16.1. The zero-order valence-corrected chi connectivity index (χ0v) is 16.9. The van der Waals surface area contributed by atoms with Gasteiger partial charge in [-0.2, -0.15) is 8.42 Å². The Morgan fingerprint density at radius 3 is 2.39 bits per heavy atom. The van der Waals surface area contributed by atoms with Crippen LogP contribution < -0.4 is 0 Å². The molecule has 0 amide bonds. The third-order valence-corrected chi connectivity index (χ3v) is 9.37. The van der Waals surface area contributed by atoms with E-state index in [9.17, 15) is 13.2 Å². The fourth-order valence-electron chi connectivity index (χ4n) is 3.04. The van der Waals surface area contributed by atoms with E-state index in [1.165, 1.54) is 12.1 Å². The van der Waals surface area contributed by atoms with Gasteiger partial charge in [-0.3, -0.25) is 9.36 Å². The molecule has 144 valence electrons. The lowest BCUT2D eigenvalue weighted by Gasteiger charge is -2.31. The number of hydrogen-bond donors (Lipinski definition) is 0. The van der Waals surface area contributed by atoms with Crippen LogP contribution in [0.1, 0.15) is 21.5 Å². The highest BCUT2D eigenvalue weighted by atomic mass is 32.3. The van der Waals surface area contributed by atoms with Crippen molar-refractivity contribution >= 4 is 37.8 Å². The molecule has 0 saturated carbocycles. The van der Waals surface area contributed by atoms with Gasteiger partial charge in [-0.25, -0.2) is 8.61 Å². The fourth-order valence-corrected chi connectivity index (χ4v) is 7.67. The molecule has 8 heteroatoms. The van der Waals surface area contributed by atoms with Crippen molar-refractivity contribution in [3.8, 4) is 0 Å². The molecule has 0 saturated heterocycles. The third-order valence-electron chi connectivity index (χ3n) is 4.52. The first kappa shape index (κ1) is 18.7. The maximum absolute atomic E-state index is 13.0. The van der Waals surface area contributed by atoms with Gasteiger partial charge in [0.2, 0.25) is 0 Å². The van der Waals surface area contributed by atoms with Crippen LogP contribution in [0.2, 0.25) is 0 Å². The molecular formula is C20H18N2O4S2. The quantitative estimate of drug-likeness (QED) is 0.588. The maximum atomic E-state index is 13.0. The van der Waals surface area contributed by atoms with Crippen LogP contribution in [0.15, 0.2) is 71.0 Å². The van der Waals surface area contributed by atoms with Crippen LogP contribution in [0.5, 0.6) is 0 Å². The van der Waals surface area contributed by atoms with E-state index in [1.54, 1.807) is 59.6 Å². The second-order valence-corrected chi connectivity index (χ2v) is 10.9. The van der Waals surface area contributed by atoms with E-state index in [0.29, 0.717) is 10.7 Å². The molecular weight excluding hydrogens is 396 g/mol. The maximum Gasteiger partial charge on any atom is 0.306 e. The summed E-state index contributed by atoms with van der Waals surface area (Å²) in [5, 5.41) is 0.553. The number of carbonyl (C=O) groups excluding carboxylic acids is 1. The first-order valence-corrected chi connectivity index (χ1v) is 11.8. The standard InChI is InChI=1S/C20H18N2O4S2/c1-15-3-9-18(10-4-15)28(24,25)26-27(2)19(13-22-12-11-21-20(22)27)17-7-5-16(14-23)6-8-17/h3-14H,1-2H3. The van der Waals surface area contributed by atoms with Crippen LogP contribution in [-0.4, -0.2) is 30.5 Å². The van der Waals surface area contributed by atoms with Gasteiger partial charge in [0.05, 0.1) is 4.90 Å². The molecule has 1 aromatic heterocycles. The lowest BCUT2D eigenvalue weighted by Crippen LogP contribution is -2.13. The van der Waals surface area contributed by atoms with Crippen LogP contribution in [0, 0.1) is 6.92 Å². The van der Waals surface area contributed by atoms with E-state index in [1.807, 2.05) is 13.1 Å². The Labute approximate surface area is 165 Å². The SMILES string of the molecule is Cc1ccc(S(=O)(=O)OS2(C)C(c3ccc(C=O)cc3)=Cn3ccnc32)cc1. The molecule has 2 heterocycles. The van der Waals surface area contributed by atoms with Gasteiger partial charge in [0.15, 0.2) is 5.16 Å². The average molecular weight is 415 g/mol. The normalized spacial score (nSPS) is 20.9. The number of fused-ring (bicyclic) bond motifs is 1. The Morgan fingerprint density at radius 1 is 1.07 bits per heavy atom. The summed E-state index contributed by atoms with van der Waals surface area (Å²) in [6.45, 7) is 1.89.